The van der Waals surface area contributed by atoms with Crippen LogP contribution in [0.1, 0.15) is 11.1 Å². The molecular formula is C9H9Br2FO. The van der Waals surface area contributed by atoms with Crippen LogP contribution in [0.25, 0.3) is 0 Å². The molecule has 72 valence electrons. The molecule has 0 unspecified atom stereocenters. The third kappa shape index (κ3) is 2.44. The van der Waals surface area contributed by atoms with Crippen molar-refractivity contribution in [1.82, 2.24) is 0 Å². The lowest BCUT2D eigenvalue weighted by Crippen LogP contribution is -1.95. The van der Waals surface area contributed by atoms with Crippen molar-refractivity contribution < 1.29 is 9.13 Å². The minimum absolute atomic E-state index is 0.172. The summed E-state index contributed by atoms with van der Waals surface area (Å²) in [6.07, 6.45) is 0. The standard InChI is InChI=1S/C9H9Br2FO/c1-13-8-2-6(4-10)9(12)7(3-8)5-11/h2-3H,4-5H2,1H3. The number of benzene rings is 1. The van der Waals surface area contributed by atoms with Crippen molar-refractivity contribution in [1.29, 1.82) is 0 Å². The minimum atomic E-state index is -0.172. The molecule has 0 aromatic heterocycles. The molecule has 0 aliphatic rings. The fourth-order valence-corrected chi connectivity index (χ4v) is 1.85. The first-order valence-corrected chi connectivity index (χ1v) is 5.94. The highest BCUT2D eigenvalue weighted by molar-refractivity contribution is 9.08. The lowest BCUT2D eigenvalue weighted by Gasteiger charge is -2.07. The summed E-state index contributed by atoms with van der Waals surface area (Å²) in [5.41, 5.74) is 1.24. The zero-order valence-corrected chi connectivity index (χ0v) is 10.3. The maximum atomic E-state index is 13.5. The summed E-state index contributed by atoms with van der Waals surface area (Å²) in [5.74, 6) is 0.514. The number of ether oxygens (including phenoxy) is 1. The second-order valence-corrected chi connectivity index (χ2v) is 3.65. The van der Waals surface area contributed by atoms with Crippen molar-refractivity contribution in [2.75, 3.05) is 7.11 Å². The molecule has 13 heavy (non-hydrogen) atoms. The van der Waals surface area contributed by atoms with Gasteiger partial charge in [-0.25, -0.2) is 4.39 Å². The van der Waals surface area contributed by atoms with E-state index < -0.39 is 0 Å². The van der Waals surface area contributed by atoms with E-state index in [0.29, 0.717) is 27.5 Å². The van der Waals surface area contributed by atoms with Crippen LogP contribution in [0.2, 0.25) is 0 Å². The Bertz CT molecular complexity index is 277. The average Bonchev–Trinajstić information content (AvgIpc) is 2.18. The van der Waals surface area contributed by atoms with Gasteiger partial charge in [0.05, 0.1) is 7.11 Å². The van der Waals surface area contributed by atoms with Crippen LogP contribution in [0.5, 0.6) is 5.75 Å². The first kappa shape index (κ1) is 11.0. The van der Waals surface area contributed by atoms with Gasteiger partial charge in [0.15, 0.2) is 0 Å². The molecule has 0 heterocycles. The smallest absolute Gasteiger partial charge is 0.131 e. The molecule has 0 aliphatic heterocycles. The normalized spacial score (nSPS) is 10.2. The van der Waals surface area contributed by atoms with E-state index in [0.717, 1.165) is 0 Å². The molecule has 0 saturated heterocycles. The molecule has 0 atom stereocenters. The van der Waals surface area contributed by atoms with E-state index in [2.05, 4.69) is 31.9 Å². The largest absolute Gasteiger partial charge is 0.497 e. The highest BCUT2D eigenvalue weighted by atomic mass is 79.9. The molecule has 0 spiro atoms. The van der Waals surface area contributed by atoms with Gasteiger partial charge in [-0.3, -0.25) is 0 Å². The molecule has 4 heteroatoms. The Morgan fingerprint density at radius 1 is 1.23 bits per heavy atom. The van der Waals surface area contributed by atoms with E-state index in [1.165, 1.54) is 0 Å². The van der Waals surface area contributed by atoms with Crippen molar-refractivity contribution in [3.05, 3.63) is 29.1 Å². The molecular weight excluding hydrogens is 303 g/mol. The molecule has 0 radical (unpaired) electrons. The summed E-state index contributed by atoms with van der Waals surface area (Å²) in [4.78, 5) is 0. The summed E-state index contributed by atoms with van der Waals surface area (Å²) >= 11 is 6.45. The molecule has 0 fully saturated rings. The predicted molar refractivity (Wildman–Crippen MR) is 58.2 cm³/mol. The van der Waals surface area contributed by atoms with Crippen LogP contribution in [-0.2, 0) is 10.7 Å². The van der Waals surface area contributed by atoms with Crippen molar-refractivity contribution in [2.24, 2.45) is 0 Å². The summed E-state index contributed by atoms with van der Waals surface area (Å²) in [5, 5.41) is 0.992. The predicted octanol–water partition coefficient (Wildman–Crippen LogP) is 3.62. The van der Waals surface area contributed by atoms with Gasteiger partial charge in [0.25, 0.3) is 0 Å². The SMILES string of the molecule is COc1cc(CBr)c(F)c(CBr)c1. The van der Waals surface area contributed by atoms with Gasteiger partial charge in [0.2, 0.25) is 0 Å². The molecule has 1 aromatic rings. The zero-order valence-electron chi connectivity index (χ0n) is 7.11. The van der Waals surface area contributed by atoms with Gasteiger partial charge < -0.3 is 4.74 Å². The van der Waals surface area contributed by atoms with Crippen LogP contribution in [0.15, 0.2) is 12.1 Å². The highest BCUT2D eigenvalue weighted by Gasteiger charge is 2.09. The summed E-state index contributed by atoms with van der Waals surface area (Å²) in [6.45, 7) is 0. The number of rotatable bonds is 3. The van der Waals surface area contributed by atoms with Gasteiger partial charge >= 0.3 is 0 Å². The monoisotopic (exact) mass is 310 g/mol. The molecule has 0 bridgehead atoms. The lowest BCUT2D eigenvalue weighted by molar-refractivity contribution is 0.412. The Kier molecular flexibility index (Phi) is 4.19. The topological polar surface area (TPSA) is 9.23 Å². The number of methoxy groups -OCH3 is 1. The maximum Gasteiger partial charge on any atom is 0.131 e. The van der Waals surface area contributed by atoms with Crippen LogP contribution in [0.4, 0.5) is 4.39 Å². The van der Waals surface area contributed by atoms with E-state index in [1.54, 1.807) is 19.2 Å². The Morgan fingerprint density at radius 2 is 1.69 bits per heavy atom. The van der Waals surface area contributed by atoms with Crippen LogP contribution >= 0.6 is 31.9 Å². The van der Waals surface area contributed by atoms with Gasteiger partial charge in [-0.2, -0.15) is 0 Å². The second-order valence-electron chi connectivity index (χ2n) is 2.53. The fraction of sp³-hybridized carbons (Fsp3) is 0.333. The lowest BCUT2D eigenvalue weighted by atomic mass is 10.1. The second kappa shape index (κ2) is 4.96. The quantitative estimate of drug-likeness (QED) is 0.775. The molecule has 1 aromatic carbocycles. The highest BCUT2D eigenvalue weighted by Crippen LogP contribution is 2.24. The van der Waals surface area contributed by atoms with Gasteiger partial charge in [0, 0.05) is 21.8 Å². The number of alkyl halides is 2. The summed E-state index contributed by atoms with van der Waals surface area (Å²) in [7, 11) is 1.57. The molecule has 0 N–H and O–H groups in total. The van der Waals surface area contributed by atoms with E-state index in [1.807, 2.05) is 0 Å². The van der Waals surface area contributed by atoms with Crippen molar-refractivity contribution in [3.8, 4) is 5.75 Å². The van der Waals surface area contributed by atoms with E-state index >= 15 is 0 Å². The Morgan fingerprint density at radius 3 is 2.00 bits per heavy atom. The number of hydrogen-bond donors (Lipinski definition) is 0. The number of hydrogen-bond acceptors (Lipinski definition) is 1. The first-order chi connectivity index (χ1) is 6.22. The van der Waals surface area contributed by atoms with E-state index in [-0.39, 0.29) is 5.82 Å². The first-order valence-electron chi connectivity index (χ1n) is 3.70. The summed E-state index contributed by atoms with van der Waals surface area (Å²) < 4.78 is 18.5. The minimum Gasteiger partial charge on any atom is -0.497 e. The van der Waals surface area contributed by atoms with Gasteiger partial charge in [-0.1, -0.05) is 31.9 Å². The molecule has 1 rings (SSSR count). The third-order valence-corrected chi connectivity index (χ3v) is 2.93. The average molecular weight is 312 g/mol. The molecule has 0 amide bonds. The van der Waals surface area contributed by atoms with Crippen LogP contribution in [-0.4, -0.2) is 7.11 Å². The molecule has 0 aliphatic carbocycles. The van der Waals surface area contributed by atoms with Crippen LogP contribution < -0.4 is 4.74 Å². The van der Waals surface area contributed by atoms with Gasteiger partial charge in [0.1, 0.15) is 11.6 Å². The van der Waals surface area contributed by atoms with E-state index in [9.17, 15) is 4.39 Å². The molecule has 0 saturated carbocycles. The van der Waals surface area contributed by atoms with Crippen LogP contribution in [0.3, 0.4) is 0 Å². The van der Waals surface area contributed by atoms with Crippen LogP contribution in [0, 0.1) is 5.82 Å². The third-order valence-electron chi connectivity index (χ3n) is 1.72. The van der Waals surface area contributed by atoms with Crippen molar-refractivity contribution in [3.63, 3.8) is 0 Å². The Labute approximate surface area is 93.5 Å². The zero-order chi connectivity index (χ0) is 9.84. The van der Waals surface area contributed by atoms with Crippen molar-refractivity contribution >= 4 is 31.9 Å². The fourth-order valence-electron chi connectivity index (χ4n) is 1.03. The molecule has 1 nitrogen and oxygen atoms in total. The Hall–Kier alpha value is -0.0900. The van der Waals surface area contributed by atoms with E-state index in [4.69, 9.17) is 4.74 Å². The van der Waals surface area contributed by atoms with Crippen molar-refractivity contribution in [2.45, 2.75) is 10.7 Å². The van der Waals surface area contributed by atoms with Gasteiger partial charge in [-0.15, -0.1) is 0 Å². The number of halogens is 3. The maximum absolute atomic E-state index is 13.5. The van der Waals surface area contributed by atoms with Gasteiger partial charge in [-0.05, 0) is 12.1 Å². The Balaban J connectivity index is 3.20. The summed E-state index contributed by atoms with van der Waals surface area (Å²) in [6, 6.07) is 3.38.